The second kappa shape index (κ2) is 5.09. The maximum atomic E-state index is 12.4. The van der Waals surface area contributed by atoms with E-state index in [2.05, 4.69) is 5.32 Å². The van der Waals surface area contributed by atoms with Crippen LogP contribution in [0.5, 0.6) is 0 Å². The molecule has 0 spiro atoms. The van der Waals surface area contributed by atoms with Crippen molar-refractivity contribution in [2.24, 2.45) is 5.41 Å². The van der Waals surface area contributed by atoms with Crippen molar-refractivity contribution >= 4 is 23.6 Å². The average molecular weight is 272 g/mol. The Balaban J connectivity index is 2.18. The van der Waals surface area contributed by atoms with E-state index >= 15 is 0 Å². The molecule has 1 amide bonds. The van der Waals surface area contributed by atoms with Gasteiger partial charge in [-0.25, -0.2) is 4.79 Å². The molecule has 2 fully saturated rings. The maximum absolute atomic E-state index is 12.4. The minimum atomic E-state index is -0.890. The Morgan fingerprint density at radius 2 is 2.17 bits per heavy atom. The molecule has 0 bridgehead atoms. The molecule has 5 nitrogen and oxygen atoms in total. The highest BCUT2D eigenvalue weighted by Gasteiger charge is 2.46. The summed E-state index contributed by atoms with van der Waals surface area (Å²) >= 11 is 1.68. The Hall–Kier alpha value is -0.750. The van der Waals surface area contributed by atoms with Gasteiger partial charge in [0.05, 0.1) is 6.04 Å². The molecule has 2 unspecified atom stereocenters. The van der Waals surface area contributed by atoms with Crippen LogP contribution in [-0.4, -0.2) is 52.1 Å². The molecule has 0 saturated carbocycles. The molecule has 0 aromatic heterocycles. The van der Waals surface area contributed by atoms with Gasteiger partial charge in [0.2, 0.25) is 5.91 Å². The largest absolute Gasteiger partial charge is 0.480 e. The number of carbonyl (C=O) groups is 2. The lowest BCUT2D eigenvalue weighted by molar-refractivity contribution is -0.159. The van der Waals surface area contributed by atoms with Gasteiger partial charge in [0.1, 0.15) is 6.04 Å². The average Bonchev–Trinajstić information content (AvgIpc) is 2.79. The molecule has 6 heteroatoms. The first kappa shape index (κ1) is 13.7. The van der Waals surface area contributed by atoms with Gasteiger partial charge in [-0.15, -0.1) is 11.8 Å². The molecule has 102 valence electrons. The van der Waals surface area contributed by atoms with Crippen LogP contribution in [0.3, 0.4) is 0 Å². The second-order valence-corrected chi connectivity index (χ2v) is 6.67. The van der Waals surface area contributed by atoms with Gasteiger partial charge in [0, 0.05) is 18.2 Å². The van der Waals surface area contributed by atoms with Gasteiger partial charge < -0.3 is 10.0 Å². The predicted molar refractivity (Wildman–Crippen MR) is 70.4 cm³/mol. The van der Waals surface area contributed by atoms with Gasteiger partial charge in [-0.2, -0.15) is 0 Å². The highest BCUT2D eigenvalue weighted by molar-refractivity contribution is 7.99. The van der Waals surface area contributed by atoms with E-state index in [9.17, 15) is 14.7 Å². The molecule has 2 aliphatic rings. The van der Waals surface area contributed by atoms with Crippen molar-refractivity contribution in [3.05, 3.63) is 0 Å². The zero-order chi connectivity index (χ0) is 13.3. The van der Waals surface area contributed by atoms with Gasteiger partial charge in [-0.1, -0.05) is 13.8 Å². The molecule has 18 heavy (non-hydrogen) atoms. The predicted octanol–water partition coefficient (Wildman–Crippen LogP) is 0.751. The van der Waals surface area contributed by atoms with Gasteiger partial charge in [-0.3, -0.25) is 10.1 Å². The minimum absolute atomic E-state index is 0.0554. The number of nitrogens with zero attached hydrogens (tertiary/aromatic N) is 1. The molecule has 2 saturated heterocycles. The van der Waals surface area contributed by atoms with E-state index in [-0.39, 0.29) is 17.4 Å². The number of hydrogen-bond donors (Lipinski definition) is 2. The van der Waals surface area contributed by atoms with Crippen LogP contribution in [0.1, 0.15) is 26.7 Å². The number of likely N-dealkylation sites (tertiary alicyclic amines) is 1. The van der Waals surface area contributed by atoms with Crippen LogP contribution in [0.2, 0.25) is 0 Å². The van der Waals surface area contributed by atoms with E-state index in [1.807, 2.05) is 13.8 Å². The first-order valence-corrected chi connectivity index (χ1v) is 7.43. The van der Waals surface area contributed by atoms with E-state index in [4.69, 9.17) is 0 Å². The van der Waals surface area contributed by atoms with Crippen LogP contribution in [0.4, 0.5) is 0 Å². The molecule has 2 rings (SSSR count). The third kappa shape index (κ3) is 2.49. The van der Waals surface area contributed by atoms with Gasteiger partial charge >= 0.3 is 5.97 Å². The first-order valence-electron chi connectivity index (χ1n) is 6.28. The fourth-order valence-corrected chi connectivity index (χ4v) is 3.78. The Morgan fingerprint density at radius 3 is 2.72 bits per heavy atom. The Kier molecular flexibility index (Phi) is 3.87. The third-order valence-electron chi connectivity index (χ3n) is 3.80. The zero-order valence-electron chi connectivity index (χ0n) is 10.8. The summed E-state index contributed by atoms with van der Waals surface area (Å²) in [5.74, 6) is 0.562. The fourth-order valence-electron chi connectivity index (χ4n) is 2.85. The number of piperidine rings is 1. The lowest BCUT2D eigenvalue weighted by atomic mass is 9.76. The van der Waals surface area contributed by atoms with E-state index in [1.54, 1.807) is 16.7 Å². The van der Waals surface area contributed by atoms with Crippen molar-refractivity contribution < 1.29 is 14.7 Å². The van der Waals surface area contributed by atoms with Crippen LogP contribution >= 0.6 is 11.8 Å². The summed E-state index contributed by atoms with van der Waals surface area (Å²) in [5, 5.41) is 12.5. The summed E-state index contributed by atoms with van der Waals surface area (Å²) in [5.41, 5.74) is -0.356. The number of amides is 1. The number of carboxylic acids is 1. The van der Waals surface area contributed by atoms with Crippen LogP contribution in [-0.2, 0) is 9.59 Å². The standard InChI is InChI=1S/C12H20N2O3S/c1-12(2)4-3-5-14(9(12)11(16)17)10(15)8-6-18-7-13-8/h8-9,13H,3-7H2,1-2H3,(H,16,17). The monoisotopic (exact) mass is 272 g/mol. The summed E-state index contributed by atoms with van der Waals surface area (Å²) in [6.45, 7) is 4.42. The number of aliphatic carboxylic acids is 1. The number of rotatable bonds is 2. The molecular weight excluding hydrogens is 252 g/mol. The number of hydrogen-bond acceptors (Lipinski definition) is 4. The molecular formula is C12H20N2O3S. The van der Waals surface area contributed by atoms with Crippen molar-refractivity contribution in [2.75, 3.05) is 18.2 Å². The van der Waals surface area contributed by atoms with Crippen molar-refractivity contribution in [3.63, 3.8) is 0 Å². The summed E-state index contributed by atoms with van der Waals surface area (Å²) in [7, 11) is 0. The lowest BCUT2D eigenvalue weighted by Crippen LogP contribution is -2.59. The Morgan fingerprint density at radius 1 is 1.44 bits per heavy atom. The number of carboxylic acid groups (broad SMARTS) is 1. The molecule has 2 aliphatic heterocycles. The van der Waals surface area contributed by atoms with Gasteiger partial charge in [-0.05, 0) is 18.3 Å². The summed E-state index contributed by atoms with van der Waals surface area (Å²) < 4.78 is 0. The number of carbonyl (C=O) groups excluding carboxylic acids is 1. The fraction of sp³-hybridized carbons (Fsp3) is 0.833. The van der Waals surface area contributed by atoms with E-state index in [1.165, 1.54) is 0 Å². The first-order chi connectivity index (χ1) is 8.43. The van der Waals surface area contributed by atoms with Crippen LogP contribution < -0.4 is 5.32 Å². The van der Waals surface area contributed by atoms with Crippen molar-refractivity contribution in [2.45, 2.75) is 38.8 Å². The molecule has 0 aromatic carbocycles. The van der Waals surface area contributed by atoms with Crippen LogP contribution in [0.15, 0.2) is 0 Å². The Bertz CT molecular complexity index is 353. The quantitative estimate of drug-likeness (QED) is 0.776. The van der Waals surface area contributed by atoms with E-state index in [0.29, 0.717) is 6.54 Å². The highest BCUT2D eigenvalue weighted by atomic mass is 32.2. The molecule has 0 aromatic rings. The second-order valence-electron chi connectivity index (χ2n) is 5.64. The smallest absolute Gasteiger partial charge is 0.326 e. The normalized spacial score (nSPS) is 31.3. The summed E-state index contributed by atoms with van der Waals surface area (Å²) in [6.07, 6.45) is 1.73. The summed E-state index contributed by atoms with van der Waals surface area (Å²) in [6, 6.07) is -0.920. The zero-order valence-corrected chi connectivity index (χ0v) is 11.6. The topological polar surface area (TPSA) is 69.6 Å². The minimum Gasteiger partial charge on any atom is -0.480 e. The molecule has 2 heterocycles. The SMILES string of the molecule is CC1(C)CCCN(C(=O)C2CSCN2)C1C(=O)O. The Labute approximate surface area is 111 Å². The molecule has 2 N–H and O–H groups in total. The molecule has 0 radical (unpaired) electrons. The van der Waals surface area contributed by atoms with Gasteiger partial charge in [0.25, 0.3) is 0 Å². The van der Waals surface area contributed by atoms with Crippen molar-refractivity contribution in [3.8, 4) is 0 Å². The molecule has 2 atom stereocenters. The van der Waals surface area contributed by atoms with Crippen LogP contribution in [0.25, 0.3) is 0 Å². The molecule has 0 aliphatic carbocycles. The van der Waals surface area contributed by atoms with E-state index < -0.39 is 12.0 Å². The van der Waals surface area contributed by atoms with Crippen molar-refractivity contribution in [1.29, 1.82) is 0 Å². The summed E-state index contributed by atoms with van der Waals surface area (Å²) in [4.78, 5) is 25.4. The van der Waals surface area contributed by atoms with Gasteiger partial charge in [0.15, 0.2) is 0 Å². The van der Waals surface area contributed by atoms with Crippen LogP contribution in [0, 0.1) is 5.41 Å². The van der Waals surface area contributed by atoms with E-state index in [0.717, 1.165) is 24.5 Å². The number of thioether (sulfide) groups is 1. The highest BCUT2D eigenvalue weighted by Crippen LogP contribution is 2.35. The third-order valence-corrected chi connectivity index (χ3v) is 4.74. The van der Waals surface area contributed by atoms with Crippen molar-refractivity contribution in [1.82, 2.24) is 10.2 Å². The number of nitrogens with one attached hydrogen (secondary N) is 1. The lowest BCUT2D eigenvalue weighted by Gasteiger charge is -2.44. The maximum Gasteiger partial charge on any atom is 0.326 e.